The van der Waals surface area contributed by atoms with E-state index < -0.39 is 0 Å². The molecule has 0 bridgehead atoms. The van der Waals surface area contributed by atoms with Crippen LogP contribution in [-0.4, -0.2) is 15.0 Å². The molecule has 0 unspecified atom stereocenters. The third-order valence-electron chi connectivity index (χ3n) is 9.28. The summed E-state index contributed by atoms with van der Waals surface area (Å²) in [6.45, 7) is 2.02. The van der Waals surface area contributed by atoms with Gasteiger partial charge in [0.1, 0.15) is 11.2 Å². The number of hydrogen-bond donors (Lipinski definition) is 0. The predicted octanol–water partition coefficient (Wildman–Crippen LogP) is 12.3. The number of hydrogen-bond acceptors (Lipinski definition) is 4. The van der Waals surface area contributed by atoms with E-state index in [0.717, 1.165) is 76.9 Å². The zero-order valence-corrected chi connectivity index (χ0v) is 27.4. The smallest absolute Gasteiger partial charge is 0.164 e. The van der Waals surface area contributed by atoms with Gasteiger partial charge in [0, 0.05) is 27.5 Å². The zero-order valence-electron chi connectivity index (χ0n) is 27.4. The average molecular weight is 642 g/mol. The van der Waals surface area contributed by atoms with Gasteiger partial charge in [-0.15, -0.1) is 0 Å². The molecular weight excluding hydrogens is 611 g/mol. The standard InChI is InChI=1S/C46H31N3O/c1-2-3-5-14-30-17-12-18-31-25-26-33(29-40(30)31)45-47-44(32-15-6-4-7-16-32)48-46(49-45)38-28-27-36(34-19-8-9-20-35(34)38)37-22-13-24-42-43(37)39-21-10-11-23-41(39)50-42/h2-29H,1H3/b3-2-,14-5-. The Labute approximate surface area is 289 Å². The Morgan fingerprint density at radius 3 is 1.98 bits per heavy atom. The molecule has 0 aliphatic rings. The molecule has 0 radical (unpaired) electrons. The lowest BCUT2D eigenvalue weighted by Crippen LogP contribution is -2.01. The maximum atomic E-state index is 6.25. The topological polar surface area (TPSA) is 51.8 Å². The van der Waals surface area contributed by atoms with Crippen LogP contribution in [0.5, 0.6) is 0 Å². The minimum Gasteiger partial charge on any atom is -0.456 e. The van der Waals surface area contributed by atoms with E-state index in [1.807, 2.05) is 67.6 Å². The van der Waals surface area contributed by atoms with Gasteiger partial charge in [-0.3, -0.25) is 0 Å². The van der Waals surface area contributed by atoms with Gasteiger partial charge in [-0.1, -0.05) is 146 Å². The lowest BCUT2D eigenvalue weighted by molar-refractivity contribution is 0.669. The first-order valence-electron chi connectivity index (χ1n) is 16.8. The molecule has 236 valence electrons. The van der Waals surface area contributed by atoms with Crippen molar-refractivity contribution in [3.05, 3.63) is 169 Å². The fraction of sp³-hybridized carbons (Fsp3) is 0.0217. The summed E-state index contributed by atoms with van der Waals surface area (Å²) in [6.07, 6.45) is 8.28. The number of allylic oxidation sites excluding steroid dienone is 3. The molecule has 0 saturated carbocycles. The van der Waals surface area contributed by atoms with Crippen LogP contribution in [0.1, 0.15) is 12.5 Å². The van der Waals surface area contributed by atoms with Crippen molar-refractivity contribution in [3.8, 4) is 45.3 Å². The molecule has 9 rings (SSSR count). The van der Waals surface area contributed by atoms with Crippen molar-refractivity contribution in [3.63, 3.8) is 0 Å². The Morgan fingerprint density at radius 2 is 1.14 bits per heavy atom. The molecule has 0 N–H and O–H groups in total. The number of aromatic nitrogens is 3. The minimum atomic E-state index is 0.630. The Morgan fingerprint density at radius 1 is 0.460 bits per heavy atom. The van der Waals surface area contributed by atoms with Crippen LogP contribution >= 0.6 is 0 Å². The Bertz CT molecular complexity index is 2770. The predicted molar refractivity (Wildman–Crippen MR) is 208 cm³/mol. The number of benzene rings is 7. The van der Waals surface area contributed by atoms with E-state index in [1.54, 1.807) is 0 Å². The van der Waals surface area contributed by atoms with E-state index in [2.05, 4.69) is 109 Å². The zero-order chi connectivity index (χ0) is 33.4. The summed E-state index contributed by atoms with van der Waals surface area (Å²) in [5.74, 6) is 1.89. The van der Waals surface area contributed by atoms with Gasteiger partial charge in [0.05, 0.1) is 0 Å². The van der Waals surface area contributed by atoms with Gasteiger partial charge >= 0.3 is 0 Å². The fourth-order valence-electron chi connectivity index (χ4n) is 6.92. The monoisotopic (exact) mass is 641 g/mol. The lowest BCUT2D eigenvalue weighted by atomic mass is 9.92. The van der Waals surface area contributed by atoms with E-state index in [9.17, 15) is 0 Å². The van der Waals surface area contributed by atoms with Crippen LogP contribution in [0.3, 0.4) is 0 Å². The van der Waals surface area contributed by atoms with Crippen LogP contribution in [0.25, 0.3) is 94.8 Å². The maximum Gasteiger partial charge on any atom is 0.164 e. The fourth-order valence-corrected chi connectivity index (χ4v) is 6.92. The average Bonchev–Trinajstić information content (AvgIpc) is 3.57. The largest absolute Gasteiger partial charge is 0.456 e. The third-order valence-corrected chi connectivity index (χ3v) is 9.28. The molecule has 0 aliphatic heterocycles. The number of fused-ring (bicyclic) bond motifs is 5. The van der Waals surface area contributed by atoms with Gasteiger partial charge in [0.25, 0.3) is 0 Å². The van der Waals surface area contributed by atoms with Gasteiger partial charge in [-0.2, -0.15) is 0 Å². The van der Waals surface area contributed by atoms with Crippen LogP contribution in [0.2, 0.25) is 0 Å². The summed E-state index contributed by atoms with van der Waals surface area (Å²) in [7, 11) is 0. The van der Waals surface area contributed by atoms with Crippen molar-refractivity contribution < 1.29 is 4.42 Å². The molecule has 7 aromatic carbocycles. The quantitative estimate of drug-likeness (QED) is 0.170. The number of para-hydroxylation sites is 1. The van der Waals surface area contributed by atoms with Crippen LogP contribution in [-0.2, 0) is 0 Å². The molecule has 2 heterocycles. The first-order chi connectivity index (χ1) is 24.7. The Kier molecular flexibility index (Phi) is 7.33. The highest BCUT2D eigenvalue weighted by Gasteiger charge is 2.18. The van der Waals surface area contributed by atoms with Crippen molar-refractivity contribution in [2.45, 2.75) is 6.92 Å². The summed E-state index contributed by atoms with van der Waals surface area (Å²) in [5.41, 5.74) is 7.99. The molecule has 0 amide bonds. The number of rotatable bonds is 6. The first-order valence-corrected chi connectivity index (χ1v) is 16.8. The molecule has 0 fully saturated rings. The van der Waals surface area contributed by atoms with Crippen LogP contribution < -0.4 is 0 Å². The summed E-state index contributed by atoms with van der Waals surface area (Å²) in [4.78, 5) is 15.3. The summed E-state index contributed by atoms with van der Waals surface area (Å²) < 4.78 is 6.25. The van der Waals surface area contributed by atoms with Crippen LogP contribution in [0, 0.1) is 0 Å². The van der Waals surface area contributed by atoms with Crippen LogP contribution in [0.4, 0.5) is 0 Å². The van der Waals surface area contributed by atoms with Crippen molar-refractivity contribution in [2.24, 2.45) is 0 Å². The molecular formula is C46H31N3O. The number of furan rings is 1. The second kappa shape index (κ2) is 12.4. The SMILES string of the molecule is C/C=C\C=C/c1cccc2ccc(-c3nc(-c4ccccc4)nc(-c4ccc(-c5cccc6oc7ccccc7c56)c5ccccc45)n3)cc12. The molecule has 9 aromatic rings. The van der Waals surface area contributed by atoms with Gasteiger partial charge in [-0.05, 0) is 69.4 Å². The Hall–Kier alpha value is -6.65. The van der Waals surface area contributed by atoms with Gasteiger partial charge in [0.15, 0.2) is 17.5 Å². The van der Waals surface area contributed by atoms with Gasteiger partial charge < -0.3 is 4.42 Å². The molecule has 0 atom stereocenters. The molecule has 50 heavy (non-hydrogen) atoms. The van der Waals surface area contributed by atoms with E-state index in [1.165, 1.54) is 0 Å². The normalized spacial score (nSPS) is 11.9. The molecule has 2 aromatic heterocycles. The maximum absolute atomic E-state index is 6.25. The molecule has 0 aliphatic carbocycles. The highest BCUT2D eigenvalue weighted by molar-refractivity contribution is 6.16. The summed E-state index contributed by atoms with van der Waals surface area (Å²) in [5, 5.41) is 6.72. The molecule has 4 heteroatoms. The van der Waals surface area contributed by atoms with E-state index >= 15 is 0 Å². The third kappa shape index (κ3) is 5.15. The van der Waals surface area contributed by atoms with Crippen molar-refractivity contribution in [1.82, 2.24) is 15.0 Å². The van der Waals surface area contributed by atoms with E-state index in [0.29, 0.717) is 17.5 Å². The van der Waals surface area contributed by atoms with E-state index in [-0.39, 0.29) is 0 Å². The summed E-state index contributed by atoms with van der Waals surface area (Å²) >= 11 is 0. The second-order valence-corrected chi connectivity index (χ2v) is 12.3. The van der Waals surface area contributed by atoms with Gasteiger partial charge in [-0.25, -0.2) is 15.0 Å². The van der Waals surface area contributed by atoms with Crippen molar-refractivity contribution in [1.29, 1.82) is 0 Å². The summed E-state index contributed by atoms with van der Waals surface area (Å²) in [6, 6.07) is 50.3. The van der Waals surface area contributed by atoms with Crippen molar-refractivity contribution >= 4 is 49.6 Å². The van der Waals surface area contributed by atoms with E-state index in [4.69, 9.17) is 19.4 Å². The lowest BCUT2D eigenvalue weighted by Gasteiger charge is -2.14. The highest BCUT2D eigenvalue weighted by Crippen LogP contribution is 2.41. The molecule has 4 nitrogen and oxygen atoms in total. The first kappa shape index (κ1) is 29.5. The molecule has 0 spiro atoms. The minimum absolute atomic E-state index is 0.630. The second-order valence-electron chi connectivity index (χ2n) is 12.3. The number of nitrogens with zero attached hydrogens (tertiary/aromatic N) is 3. The van der Waals surface area contributed by atoms with Crippen LogP contribution in [0.15, 0.2) is 168 Å². The van der Waals surface area contributed by atoms with Crippen molar-refractivity contribution in [2.75, 3.05) is 0 Å². The molecule has 0 saturated heterocycles. The highest BCUT2D eigenvalue weighted by atomic mass is 16.3. The van der Waals surface area contributed by atoms with Gasteiger partial charge in [0.2, 0.25) is 0 Å². The Balaban J connectivity index is 1.25.